The Labute approximate surface area is 117 Å². The van der Waals surface area contributed by atoms with Crippen molar-refractivity contribution in [3.63, 3.8) is 0 Å². The summed E-state index contributed by atoms with van der Waals surface area (Å²) in [6, 6.07) is 2.42. The average molecular weight is 304 g/mol. The topological polar surface area (TPSA) is 72.2 Å². The van der Waals surface area contributed by atoms with Crippen LogP contribution in [0.4, 0.5) is 8.78 Å². The minimum atomic E-state index is -3.96. The number of nitrogens with one attached hydrogen (secondary N) is 1. The summed E-state index contributed by atoms with van der Waals surface area (Å²) in [6.45, 7) is 0.762. The van der Waals surface area contributed by atoms with Crippen LogP contribution in [-0.2, 0) is 10.0 Å². The zero-order valence-corrected chi connectivity index (χ0v) is 11.8. The minimum absolute atomic E-state index is 0.179. The molecule has 1 aromatic rings. The van der Waals surface area contributed by atoms with E-state index in [0.717, 1.165) is 31.4 Å². The molecule has 0 spiro atoms. The molecule has 2 rings (SSSR count). The summed E-state index contributed by atoms with van der Waals surface area (Å²) in [5.41, 5.74) is 5.64. The summed E-state index contributed by atoms with van der Waals surface area (Å²) in [4.78, 5) is -0.527. The quantitative estimate of drug-likeness (QED) is 0.868. The van der Waals surface area contributed by atoms with Crippen molar-refractivity contribution in [1.29, 1.82) is 0 Å². The summed E-state index contributed by atoms with van der Waals surface area (Å²) in [5, 5.41) is 0. The molecule has 4 nitrogen and oxygen atoms in total. The Balaban J connectivity index is 2.07. The summed E-state index contributed by atoms with van der Waals surface area (Å²) >= 11 is 0. The highest BCUT2D eigenvalue weighted by molar-refractivity contribution is 7.89. The molecule has 1 saturated carbocycles. The van der Waals surface area contributed by atoms with Gasteiger partial charge in [0.2, 0.25) is 10.0 Å². The van der Waals surface area contributed by atoms with E-state index in [-0.39, 0.29) is 12.5 Å². The Kier molecular flexibility index (Phi) is 4.72. The van der Waals surface area contributed by atoms with E-state index in [9.17, 15) is 17.2 Å². The van der Waals surface area contributed by atoms with Crippen molar-refractivity contribution < 1.29 is 17.2 Å². The van der Waals surface area contributed by atoms with E-state index in [2.05, 4.69) is 4.72 Å². The first-order valence-corrected chi connectivity index (χ1v) is 8.07. The van der Waals surface area contributed by atoms with E-state index in [0.29, 0.717) is 18.5 Å². The number of benzene rings is 1. The van der Waals surface area contributed by atoms with Crippen molar-refractivity contribution in [3.05, 3.63) is 29.8 Å². The smallest absolute Gasteiger partial charge is 0.243 e. The number of hydrogen-bond donors (Lipinski definition) is 2. The van der Waals surface area contributed by atoms with Crippen LogP contribution in [0.5, 0.6) is 0 Å². The van der Waals surface area contributed by atoms with Gasteiger partial charge >= 0.3 is 0 Å². The summed E-state index contributed by atoms with van der Waals surface area (Å²) in [7, 11) is -3.96. The van der Waals surface area contributed by atoms with Gasteiger partial charge in [0, 0.05) is 12.6 Å². The number of halogens is 2. The second-order valence-corrected chi connectivity index (χ2v) is 6.85. The highest BCUT2D eigenvalue weighted by Gasteiger charge is 2.28. The highest BCUT2D eigenvalue weighted by atomic mass is 32.2. The fourth-order valence-corrected chi connectivity index (χ4v) is 3.83. The Hall–Kier alpha value is -1.05. The van der Waals surface area contributed by atoms with Gasteiger partial charge in [-0.05, 0) is 43.4 Å². The molecule has 2 unspecified atom stereocenters. The van der Waals surface area contributed by atoms with Gasteiger partial charge in [-0.25, -0.2) is 21.9 Å². The van der Waals surface area contributed by atoms with Gasteiger partial charge in [0.05, 0.1) is 0 Å². The third-order valence-corrected chi connectivity index (χ3v) is 5.30. The predicted octanol–water partition coefficient (Wildman–Crippen LogP) is 1.62. The van der Waals surface area contributed by atoms with E-state index in [1.165, 1.54) is 0 Å². The normalized spacial score (nSPS) is 23.1. The van der Waals surface area contributed by atoms with Crippen molar-refractivity contribution >= 4 is 10.0 Å². The van der Waals surface area contributed by atoms with Crippen molar-refractivity contribution in [1.82, 2.24) is 4.72 Å². The molecule has 112 valence electrons. The van der Waals surface area contributed by atoms with Gasteiger partial charge < -0.3 is 5.73 Å². The maximum atomic E-state index is 13.5. The Morgan fingerprint density at radius 1 is 1.25 bits per heavy atom. The number of nitrogens with two attached hydrogens (primary N) is 1. The van der Waals surface area contributed by atoms with Gasteiger partial charge in [-0.15, -0.1) is 0 Å². The van der Waals surface area contributed by atoms with Crippen LogP contribution in [0, 0.1) is 23.5 Å². The molecule has 0 aromatic heterocycles. The lowest BCUT2D eigenvalue weighted by atomic mass is 9.97. The first kappa shape index (κ1) is 15.3. The van der Waals surface area contributed by atoms with Crippen molar-refractivity contribution in [2.24, 2.45) is 17.6 Å². The van der Waals surface area contributed by atoms with E-state index in [1.54, 1.807) is 0 Å². The molecule has 1 fully saturated rings. The molecular formula is C13H18F2N2O2S. The zero-order valence-electron chi connectivity index (χ0n) is 11.0. The highest BCUT2D eigenvalue weighted by Crippen LogP contribution is 2.30. The maximum absolute atomic E-state index is 13.5. The van der Waals surface area contributed by atoms with Crippen LogP contribution in [0.1, 0.15) is 19.3 Å². The fraction of sp³-hybridized carbons (Fsp3) is 0.538. The summed E-state index contributed by atoms with van der Waals surface area (Å²) in [6.07, 6.45) is 2.93. The van der Waals surface area contributed by atoms with Crippen LogP contribution in [0.3, 0.4) is 0 Å². The first-order chi connectivity index (χ1) is 9.44. The fourth-order valence-electron chi connectivity index (χ4n) is 2.68. The van der Waals surface area contributed by atoms with Gasteiger partial charge in [0.25, 0.3) is 0 Å². The van der Waals surface area contributed by atoms with E-state index >= 15 is 0 Å². The molecule has 0 heterocycles. The molecular weight excluding hydrogens is 286 g/mol. The number of hydrogen-bond acceptors (Lipinski definition) is 3. The Morgan fingerprint density at radius 3 is 2.60 bits per heavy atom. The molecule has 0 amide bonds. The second-order valence-electron chi connectivity index (χ2n) is 5.11. The van der Waals surface area contributed by atoms with Crippen LogP contribution in [0.15, 0.2) is 23.1 Å². The minimum Gasteiger partial charge on any atom is -0.330 e. The monoisotopic (exact) mass is 304 g/mol. The SMILES string of the molecule is NCC1CCCC1CNS(=O)(=O)c1ccc(F)cc1F. The molecule has 0 bridgehead atoms. The Morgan fingerprint density at radius 2 is 1.95 bits per heavy atom. The predicted molar refractivity (Wildman–Crippen MR) is 71.4 cm³/mol. The average Bonchev–Trinajstić information content (AvgIpc) is 2.83. The lowest BCUT2D eigenvalue weighted by molar-refractivity contribution is 0.393. The third-order valence-electron chi connectivity index (χ3n) is 3.84. The lowest BCUT2D eigenvalue weighted by Gasteiger charge is -2.18. The molecule has 20 heavy (non-hydrogen) atoms. The van der Waals surface area contributed by atoms with Crippen LogP contribution >= 0.6 is 0 Å². The molecule has 0 aliphatic heterocycles. The van der Waals surface area contributed by atoms with Gasteiger partial charge in [0.15, 0.2) is 0 Å². The van der Waals surface area contributed by atoms with Crippen LogP contribution in [0.2, 0.25) is 0 Å². The van der Waals surface area contributed by atoms with Gasteiger partial charge in [-0.3, -0.25) is 0 Å². The van der Waals surface area contributed by atoms with Crippen LogP contribution < -0.4 is 10.5 Å². The molecule has 0 saturated heterocycles. The van der Waals surface area contributed by atoms with E-state index in [1.807, 2.05) is 0 Å². The molecule has 3 N–H and O–H groups in total. The molecule has 1 aliphatic carbocycles. The molecule has 1 aliphatic rings. The van der Waals surface area contributed by atoms with E-state index < -0.39 is 26.6 Å². The molecule has 2 atom stereocenters. The summed E-state index contributed by atoms with van der Waals surface area (Å²) < 4.78 is 52.7. The molecule has 1 aromatic carbocycles. The largest absolute Gasteiger partial charge is 0.330 e. The van der Waals surface area contributed by atoms with Crippen LogP contribution in [0.25, 0.3) is 0 Å². The zero-order chi connectivity index (χ0) is 14.8. The van der Waals surface area contributed by atoms with E-state index in [4.69, 9.17) is 5.73 Å². The standard InChI is InChI=1S/C13H18F2N2O2S/c14-11-4-5-13(12(15)6-11)20(18,19)17-8-10-3-1-2-9(10)7-16/h4-6,9-10,17H,1-3,7-8,16H2. The third kappa shape index (κ3) is 3.34. The number of sulfonamides is 1. The maximum Gasteiger partial charge on any atom is 0.243 e. The molecule has 0 radical (unpaired) electrons. The van der Waals surface area contributed by atoms with Crippen molar-refractivity contribution in [3.8, 4) is 0 Å². The van der Waals surface area contributed by atoms with Crippen LogP contribution in [-0.4, -0.2) is 21.5 Å². The van der Waals surface area contributed by atoms with Crippen molar-refractivity contribution in [2.75, 3.05) is 13.1 Å². The second kappa shape index (κ2) is 6.15. The lowest BCUT2D eigenvalue weighted by Crippen LogP contribution is -2.33. The van der Waals surface area contributed by atoms with Gasteiger partial charge in [-0.1, -0.05) is 6.42 Å². The number of rotatable bonds is 5. The Bertz CT molecular complexity index is 578. The summed E-state index contributed by atoms with van der Waals surface area (Å²) in [5.74, 6) is -1.41. The van der Waals surface area contributed by atoms with Gasteiger partial charge in [-0.2, -0.15) is 0 Å². The van der Waals surface area contributed by atoms with Crippen molar-refractivity contribution in [2.45, 2.75) is 24.2 Å². The van der Waals surface area contributed by atoms with Gasteiger partial charge in [0.1, 0.15) is 16.5 Å². The first-order valence-electron chi connectivity index (χ1n) is 6.59. The molecule has 7 heteroatoms.